The van der Waals surface area contributed by atoms with Crippen molar-refractivity contribution in [2.75, 3.05) is 39.1 Å². The Kier molecular flexibility index (Phi) is 6.17. The maximum atomic E-state index is 13.3. The molecule has 1 fully saturated rings. The predicted molar refractivity (Wildman–Crippen MR) is 125 cm³/mol. The van der Waals surface area contributed by atoms with E-state index in [0.717, 1.165) is 5.56 Å². The molecule has 2 atom stereocenters. The average molecular weight is 450 g/mol. The summed E-state index contributed by atoms with van der Waals surface area (Å²) in [6.07, 6.45) is -0.737. The van der Waals surface area contributed by atoms with E-state index in [1.165, 1.54) is 21.3 Å². The summed E-state index contributed by atoms with van der Waals surface area (Å²) in [5.74, 6) is 2.29. The Morgan fingerprint density at radius 3 is 1.97 bits per heavy atom. The van der Waals surface area contributed by atoms with Crippen molar-refractivity contribution in [3.63, 3.8) is 0 Å². The molecule has 8 nitrogen and oxygen atoms in total. The van der Waals surface area contributed by atoms with Crippen molar-refractivity contribution >= 4 is 17.3 Å². The summed E-state index contributed by atoms with van der Waals surface area (Å²) in [6.45, 7) is 0. The molecule has 8 heteroatoms. The maximum absolute atomic E-state index is 13.3. The lowest BCUT2D eigenvalue weighted by atomic mass is 9.89. The van der Waals surface area contributed by atoms with Crippen LogP contribution in [-0.2, 0) is 4.79 Å². The molecular formula is C25H26N2O6. The van der Waals surface area contributed by atoms with E-state index in [1.54, 1.807) is 36.3 Å². The quantitative estimate of drug-likeness (QED) is 0.412. The minimum atomic E-state index is -0.737. The normalized spacial score (nSPS) is 17.2. The van der Waals surface area contributed by atoms with Gasteiger partial charge in [0.2, 0.25) is 11.9 Å². The molecule has 3 aromatic rings. The van der Waals surface area contributed by atoms with E-state index in [9.17, 15) is 4.79 Å². The molecule has 1 heterocycles. The Labute approximate surface area is 192 Å². The number of nitrogens with two attached hydrogens (primary N) is 1. The van der Waals surface area contributed by atoms with Gasteiger partial charge in [0, 0.05) is 12.1 Å². The van der Waals surface area contributed by atoms with Crippen molar-refractivity contribution in [2.24, 2.45) is 0 Å². The van der Waals surface area contributed by atoms with Gasteiger partial charge in [0.1, 0.15) is 17.5 Å². The molecule has 0 unspecified atom stereocenters. The van der Waals surface area contributed by atoms with E-state index >= 15 is 0 Å². The van der Waals surface area contributed by atoms with Crippen LogP contribution in [0.4, 0.5) is 11.4 Å². The number of benzene rings is 3. The zero-order valence-corrected chi connectivity index (χ0v) is 18.9. The molecule has 3 aromatic carbocycles. The van der Waals surface area contributed by atoms with Gasteiger partial charge in [-0.3, -0.25) is 9.69 Å². The number of amides is 1. The number of hydrogen-bond donors (Lipinski definition) is 1. The van der Waals surface area contributed by atoms with Crippen molar-refractivity contribution in [3.05, 3.63) is 66.2 Å². The summed E-state index contributed by atoms with van der Waals surface area (Å²) in [5.41, 5.74) is 8.03. The fourth-order valence-electron chi connectivity index (χ4n) is 3.98. The third kappa shape index (κ3) is 3.95. The largest absolute Gasteiger partial charge is 0.495 e. The number of carbonyl (C=O) groups is 1. The second kappa shape index (κ2) is 9.20. The molecule has 2 N–H and O–H groups in total. The molecule has 1 saturated heterocycles. The molecule has 172 valence electrons. The Morgan fingerprint density at radius 1 is 0.788 bits per heavy atom. The number of anilines is 2. The number of methoxy groups -OCH3 is 4. The highest BCUT2D eigenvalue weighted by atomic mass is 16.5. The minimum Gasteiger partial charge on any atom is -0.495 e. The topological polar surface area (TPSA) is 92.5 Å². The summed E-state index contributed by atoms with van der Waals surface area (Å²) >= 11 is 0. The van der Waals surface area contributed by atoms with Crippen molar-refractivity contribution < 1.29 is 28.5 Å². The lowest BCUT2D eigenvalue weighted by molar-refractivity contribution is -0.135. The van der Waals surface area contributed by atoms with Gasteiger partial charge < -0.3 is 29.4 Å². The number of para-hydroxylation sites is 1. The van der Waals surface area contributed by atoms with Crippen molar-refractivity contribution in [1.82, 2.24) is 0 Å². The van der Waals surface area contributed by atoms with E-state index in [2.05, 4.69) is 0 Å². The van der Waals surface area contributed by atoms with Gasteiger partial charge in [-0.25, -0.2) is 0 Å². The predicted octanol–water partition coefficient (Wildman–Crippen LogP) is 3.84. The molecule has 0 bridgehead atoms. The van der Waals surface area contributed by atoms with Crippen LogP contribution in [0.1, 0.15) is 11.6 Å². The monoisotopic (exact) mass is 450 g/mol. The standard InChI is InChI=1S/C25H26N2O6/c1-29-19-11-10-15(12-18(19)26)22-24(33-17-8-6-5-7-9-17)25(28)27(22)16-13-20(30-2)23(32-4)21(14-16)31-3/h5-14,22,24H,26H2,1-4H3/t22-,24-/m1/s1. The van der Waals surface area contributed by atoms with Crippen LogP contribution in [0.25, 0.3) is 0 Å². The first kappa shape index (κ1) is 22.1. The second-order valence-corrected chi connectivity index (χ2v) is 7.39. The van der Waals surface area contributed by atoms with E-state index in [0.29, 0.717) is 40.1 Å². The molecule has 0 aliphatic carbocycles. The van der Waals surface area contributed by atoms with Gasteiger partial charge in [0.05, 0.1) is 39.8 Å². The van der Waals surface area contributed by atoms with Crippen LogP contribution in [0.3, 0.4) is 0 Å². The van der Waals surface area contributed by atoms with Crippen LogP contribution in [-0.4, -0.2) is 40.5 Å². The Morgan fingerprint density at radius 2 is 1.42 bits per heavy atom. The summed E-state index contributed by atoms with van der Waals surface area (Å²) < 4.78 is 27.7. The third-order valence-electron chi connectivity index (χ3n) is 5.57. The zero-order valence-electron chi connectivity index (χ0n) is 18.9. The number of nitrogen functional groups attached to an aromatic ring is 1. The number of ether oxygens (including phenoxy) is 5. The fraction of sp³-hybridized carbons (Fsp3) is 0.240. The number of rotatable bonds is 8. The van der Waals surface area contributed by atoms with Crippen LogP contribution in [0.5, 0.6) is 28.7 Å². The van der Waals surface area contributed by atoms with Gasteiger partial charge in [-0.2, -0.15) is 0 Å². The summed E-state index contributed by atoms with van der Waals surface area (Å²) in [5, 5.41) is 0. The van der Waals surface area contributed by atoms with Crippen molar-refractivity contribution in [1.29, 1.82) is 0 Å². The number of carbonyl (C=O) groups excluding carboxylic acids is 1. The zero-order chi connectivity index (χ0) is 23.5. The van der Waals surface area contributed by atoms with Gasteiger partial charge in [-0.15, -0.1) is 0 Å². The molecule has 1 aliphatic heterocycles. The smallest absolute Gasteiger partial charge is 0.271 e. The first-order valence-corrected chi connectivity index (χ1v) is 10.3. The molecule has 4 rings (SSSR count). The van der Waals surface area contributed by atoms with E-state index < -0.39 is 12.1 Å². The van der Waals surface area contributed by atoms with Gasteiger partial charge in [-0.05, 0) is 29.8 Å². The average Bonchev–Trinajstić information content (AvgIpc) is 2.85. The maximum Gasteiger partial charge on any atom is 0.271 e. The highest BCUT2D eigenvalue weighted by molar-refractivity contribution is 6.06. The molecular weight excluding hydrogens is 424 g/mol. The lowest BCUT2D eigenvalue weighted by Crippen LogP contribution is -2.61. The van der Waals surface area contributed by atoms with Crippen molar-refractivity contribution in [3.8, 4) is 28.7 Å². The molecule has 0 saturated carbocycles. The molecule has 1 amide bonds. The van der Waals surface area contributed by atoms with Crippen LogP contribution < -0.4 is 34.3 Å². The Balaban J connectivity index is 1.78. The van der Waals surface area contributed by atoms with Crippen molar-refractivity contribution in [2.45, 2.75) is 12.1 Å². The van der Waals surface area contributed by atoms with Crippen LogP contribution in [0.15, 0.2) is 60.7 Å². The van der Waals surface area contributed by atoms with Crippen LogP contribution in [0.2, 0.25) is 0 Å². The fourth-order valence-corrected chi connectivity index (χ4v) is 3.98. The van der Waals surface area contributed by atoms with E-state index in [-0.39, 0.29) is 5.91 Å². The van der Waals surface area contributed by atoms with Gasteiger partial charge in [-0.1, -0.05) is 24.3 Å². The highest BCUT2D eigenvalue weighted by Gasteiger charge is 2.51. The number of β-lactam (4-membered cyclic amide) rings is 1. The van der Waals surface area contributed by atoms with Gasteiger partial charge in [0.15, 0.2) is 11.5 Å². The summed E-state index contributed by atoms with van der Waals surface area (Å²) in [4.78, 5) is 15.0. The Bertz CT molecular complexity index is 1130. The number of nitrogens with zero attached hydrogens (tertiary/aromatic N) is 1. The third-order valence-corrected chi connectivity index (χ3v) is 5.57. The lowest BCUT2D eigenvalue weighted by Gasteiger charge is -2.46. The molecule has 0 aromatic heterocycles. The number of hydrogen-bond acceptors (Lipinski definition) is 7. The molecule has 0 radical (unpaired) electrons. The Hall–Kier alpha value is -4.07. The SMILES string of the molecule is COc1ccc([C@@H]2[C@@H](Oc3ccccc3)C(=O)N2c2cc(OC)c(OC)c(OC)c2)cc1N. The minimum absolute atomic E-state index is 0.201. The van der Waals surface area contributed by atoms with E-state index in [1.807, 2.05) is 36.4 Å². The summed E-state index contributed by atoms with van der Waals surface area (Å²) in [6, 6.07) is 17.7. The first-order chi connectivity index (χ1) is 16.0. The molecule has 0 spiro atoms. The summed E-state index contributed by atoms with van der Waals surface area (Å²) in [7, 11) is 6.15. The van der Waals surface area contributed by atoms with E-state index in [4.69, 9.17) is 29.4 Å². The molecule has 1 aliphatic rings. The van der Waals surface area contributed by atoms with Crippen LogP contribution in [0, 0.1) is 0 Å². The second-order valence-electron chi connectivity index (χ2n) is 7.39. The van der Waals surface area contributed by atoms with Gasteiger partial charge >= 0.3 is 0 Å². The highest BCUT2D eigenvalue weighted by Crippen LogP contribution is 2.47. The molecule has 33 heavy (non-hydrogen) atoms. The first-order valence-electron chi connectivity index (χ1n) is 10.3. The van der Waals surface area contributed by atoms with Gasteiger partial charge in [0.25, 0.3) is 5.91 Å². The van der Waals surface area contributed by atoms with Crippen LogP contribution >= 0.6 is 0 Å².